The topological polar surface area (TPSA) is 169 Å². The van der Waals surface area contributed by atoms with Gasteiger partial charge in [0.1, 0.15) is 12.7 Å². The van der Waals surface area contributed by atoms with Crippen LogP contribution in [0.3, 0.4) is 0 Å². The highest BCUT2D eigenvalue weighted by Gasteiger charge is 2.27. The summed E-state index contributed by atoms with van der Waals surface area (Å²) >= 11 is 0. The largest absolute Gasteiger partial charge is 0.472 e. The van der Waals surface area contributed by atoms with Crippen molar-refractivity contribution in [3.05, 3.63) is 85.1 Å². The van der Waals surface area contributed by atoms with Crippen molar-refractivity contribution in [2.45, 2.75) is 154 Å². The number of carbonyl (C=O) groups excluding carboxylic acids is 2. The minimum absolute atomic E-state index is 0.111. The van der Waals surface area contributed by atoms with Crippen LogP contribution in [0.25, 0.3) is 0 Å². The van der Waals surface area contributed by atoms with Gasteiger partial charge >= 0.3 is 19.8 Å². The van der Waals surface area contributed by atoms with E-state index in [-0.39, 0.29) is 25.6 Å². The second-order valence-corrected chi connectivity index (χ2v) is 14.9. The molecule has 0 saturated carbocycles. The molecular formula is C44H73O11P. The van der Waals surface area contributed by atoms with Gasteiger partial charge in [0, 0.05) is 12.8 Å². The molecule has 2 unspecified atom stereocenters. The van der Waals surface area contributed by atoms with E-state index < -0.39 is 51.8 Å². The van der Waals surface area contributed by atoms with Gasteiger partial charge in [0.2, 0.25) is 0 Å². The molecule has 0 fully saturated rings. The van der Waals surface area contributed by atoms with Crippen LogP contribution in [0, 0.1) is 0 Å². The Morgan fingerprint density at radius 3 is 1.59 bits per heavy atom. The first-order valence-corrected chi connectivity index (χ1v) is 22.1. The summed E-state index contributed by atoms with van der Waals surface area (Å²) in [6, 6.07) is 0. The lowest BCUT2D eigenvalue weighted by Gasteiger charge is -2.20. The van der Waals surface area contributed by atoms with E-state index in [1.54, 1.807) is 0 Å². The van der Waals surface area contributed by atoms with E-state index in [0.717, 1.165) is 64.2 Å². The maximum Gasteiger partial charge on any atom is 0.472 e. The molecule has 4 N–H and O–H groups in total. The standard InChI is InChI=1S/C44H73O11P/c1-3-5-6-7-8-9-10-11-12-15-19-22-25-28-31-35-44(49)55-42(39-54-56(50,51)53-37-41(47)36-45)38-52-43(48)34-30-27-24-21-18-16-13-14-17-20-23-26-29-33-40(46)32-4-2/h8-9,11-13,16-17,19-22,24,26,29,40-42,45-47H,3-7,10,14-15,18,23,25,27-28,30-39H2,1-2H3,(H,50,51)/b9-8-,12-11-,16-13-,20-17-,22-19-,24-21-,29-26-/t40?,41-,42+/m0/s1. The molecule has 0 aromatic carbocycles. The fraction of sp³-hybridized carbons (Fsp3) is 0.636. The molecule has 320 valence electrons. The Labute approximate surface area is 337 Å². The Balaban J connectivity index is 4.53. The predicted molar refractivity (Wildman–Crippen MR) is 225 cm³/mol. The fourth-order valence-corrected chi connectivity index (χ4v) is 5.68. The second kappa shape index (κ2) is 39.0. The predicted octanol–water partition coefficient (Wildman–Crippen LogP) is 9.63. The van der Waals surface area contributed by atoms with Crippen molar-refractivity contribution >= 4 is 19.8 Å². The van der Waals surface area contributed by atoms with Crippen LogP contribution in [0.5, 0.6) is 0 Å². The van der Waals surface area contributed by atoms with E-state index in [9.17, 15) is 29.3 Å². The first-order valence-electron chi connectivity index (χ1n) is 20.6. The molecule has 0 bridgehead atoms. The molecule has 56 heavy (non-hydrogen) atoms. The highest BCUT2D eigenvalue weighted by Crippen LogP contribution is 2.43. The van der Waals surface area contributed by atoms with Gasteiger partial charge in [-0.05, 0) is 89.9 Å². The van der Waals surface area contributed by atoms with E-state index in [2.05, 4.69) is 85.2 Å². The summed E-state index contributed by atoms with van der Waals surface area (Å²) in [5.41, 5.74) is 0. The first-order chi connectivity index (χ1) is 27.1. The third-order valence-corrected chi connectivity index (χ3v) is 9.03. The third kappa shape index (κ3) is 38.0. The zero-order valence-corrected chi connectivity index (χ0v) is 35.1. The monoisotopic (exact) mass is 808 g/mol. The highest BCUT2D eigenvalue weighted by atomic mass is 31.2. The quantitative estimate of drug-likeness (QED) is 0.0204. The fourth-order valence-electron chi connectivity index (χ4n) is 4.89. The van der Waals surface area contributed by atoms with Crippen molar-refractivity contribution in [2.75, 3.05) is 26.4 Å². The zero-order chi connectivity index (χ0) is 41.4. The lowest BCUT2D eigenvalue weighted by atomic mass is 10.1. The van der Waals surface area contributed by atoms with Crippen molar-refractivity contribution in [1.29, 1.82) is 0 Å². The van der Waals surface area contributed by atoms with Gasteiger partial charge in [-0.15, -0.1) is 0 Å². The molecule has 12 heteroatoms. The molecule has 0 aliphatic rings. The molecule has 0 aliphatic carbocycles. The average Bonchev–Trinajstić information content (AvgIpc) is 3.18. The zero-order valence-electron chi connectivity index (χ0n) is 34.2. The molecule has 0 amide bonds. The number of hydrogen-bond donors (Lipinski definition) is 4. The normalized spacial score (nSPS) is 15.3. The number of allylic oxidation sites excluding steroid dienone is 13. The molecule has 0 heterocycles. The van der Waals surface area contributed by atoms with Crippen LogP contribution in [0.4, 0.5) is 0 Å². The maximum atomic E-state index is 12.6. The summed E-state index contributed by atoms with van der Waals surface area (Å²) in [5.74, 6) is -1.07. The SMILES string of the molecule is CCCCC/C=C\C/C=C\C/C=C\CCCCC(=O)O[C@H](COC(=O)CCC/C=C\C/C=C\C/C=C\C/C=C\CC(O)CCC)COP(=O)(O)OC[C@@H](O)CO. The van der Waals surface area contributed by atoms with E-state index in [0.29, 0.717) is 25.7 Å². The van der Waals surface area contributed by atoms with Gasteiger partial charge in [-0.25, -0.2) is 4.57 Å². The van der Waals surface area contributed by atoms with Gasteiger partial charge in [-0.1, -0.05) is 118 Å². The van der Waals surface area contributed by atoms with Crippen molar-refractivity contribution < 1.29 is 52.9 Å². The lowest BCUT2D eigenvalue weighted by molar-refractivity contribution is -0.161. The van der Waals surface area contributed by atoms with Gasteiger partial charge in [0.25, 0.3) is 0 Å². The van der Waals surface area contributed by atoms with E-state index in [1.807, 2.05) is 18.2 Å². The average molecular weight is 809 g/mol. The van der Waals surface area contributed by atoms with Crippen LogP contribution in [-0.4, -0.2) is 76.9 Å². The van der Waals surface area contributed by atoms with Crippen LogP contribution in [0.15, 0.2) is 85.1 Å². The summed E-state index contributed by atoms with van der Waals surface area (Å²) in [4.78, 5) is 34.9. The number of esters is 2. The van der Waals surface area contributed by atoms with Crippen molar-refractivity contribution in [1.82, 2.24) is 0 Å². The number of aliphatic hydroxyl groups excluding tert-OH is 3. The van der Waals surface area contributed by atoms with E-state index in [1.165, 1.54) is 19.3 Å². The molecule has 0 radical (unpaired) electrons. The van der Waals surface area contributed by atoms with Crippen LogP contribution in [-0.2, 0) is 32.7 Å². The number of unbranched alkanes of at least 4 members (excludes halogenated alkanes) is 6. The van der Waals surface area contributed by atoms with Crippen LogP contribution in [0.1, 0.15) is 136 Å². The van der Waals surface area contributed by atoms with Gasteiger partial charge in [0.15, 0.2) is 6.10 Å². The molecule has 0 aliphatic heterocycles. The van der Waals surface area contributed by atoms with Gasteiger partial charge in [-0.3, -0.25) is 18.6 Å². The maximum absolute atomic E-state index is 12.6. The Kier molecular flexibility index (Phi) is 36.9. The van der Waals surface area contributed by atoms with E-state index in [4.69, 9.17) is 19.1 Å². The molecular weight excluding hydrogens is 735 g/mol. The molecule has 0 aromatic rings. The molecule has 11 nitrogen and oxygen atoms in total. The smallest absolute Gasteiger partial charge is 0.462 e. The third-order valence-electron chi connectivity index (χ3n) is 8.08. The van der Waals surface area contributed by atoms with Crippen molar-refractivity contribution in [3.63, 3.8) is 0 Å². The lowest BCUT2D eigenvalue weighted by Crippen LogP contribution is -2.29. The number of carbonyl (C=O) groups is 2. The number of hydrogen-bond acceptors (Lipinski definition) is 10. The Morgan fingerprint density at radius 2 is 1.05 bits per heavy atom. The number of phosphoric acid groups is 1. The first kappa shape index (κ1) is 53.1. The van der Waals surface area contributed by atoms with Gasteiger partial charge in [-0.2, -0.15) is 0 Å². The van der Waals surface area contributed by atoms with Crippen LogP contribution >= 0.6 is 7.82 Å². The van der Waals surface area contributed by atoms with Crippen molar-refractivity contribution in [2.24, 2.45) is 0 Å². The summed E-state index contributed by atoms with van der Waals surface area (Å²) in [5, 5.41) is 28.0. The molecule has 0 saturated heterocycles. The minimum Gasteiger partial charge on any atom is -0.462 e. The van der Waals surface area contributed by atoms with Gasteiger partial charge in [0.05, 0.1) is 25.9 Å². The van der Waals surface area contributed by atoms with E-state index >= 15 is 0 Å². The minimum atomic E-state index is -4.65. The molecule has 4 atom stereocenters. The summed E-state index contributed by atoms with van der Waals surface area (Å²) in [6.07, 6.45) is 41.9. The number of ether oxygens (including phenoxy) is 2. The summed E-state index contributed by atoms with van der Waals surface area (Å²) in [7, 11) is -4.65. The highest BCUT2D eigenvalue weighted by molar-refractivity contribution is 7.47. The van der Waals surface area contributed by atoms with Crippen LogP contribution < -0.4 is 0 Å². The molecule has 0 spiro atoms. The van der Waals surface area contributed by atoms with Crippen LogP contribution in [0.2, 0.25) is 0 Å². The Bertz CT molecular complexity index is 1220. The second-order valence-electron chi connectivity index (χ2n) is 13.5. The Hall–Kier alpha value is -2.89. The van der Waals surface area contributed by atoms with Crippen molar-refractivity contribution in [3.8, 4) is 0 Å². The number of rotatable bonds is 37. The molecule has 0 aromatic heterocycles. The number of aliphatic hydroxyl groups is 3. The molecule has 0 rings (SSSR count). The summed E-state index contributed by atoms with van der Waals surface area (Å²) < 4.78 is 32.5. The summed E-state index contributed by atoms with van der Waals surface area (Å²) in [6.45, 7) is 2.00. The Morgan fingerprint density at radius 1 is 0.571 bits per heavy atom. The number of phosphoric ester groups is 1. The van der Waals surface area contributed by atoms with Gasteiger partial charge < -0.3 is 29.7 Å².